The van der Waals surface area contributed by atoms with E-state index in [0.29, 0.717) is 0 Å². The molecule has 0 aliphatic carbocycles. The van der Waals surface area contributed by atoms with Gasteiger partial charge in [0.25, 0.3) is 0 Å². The zero-order chi connectivity index (χ0) is 38.4. The minimum Gasteiger partial charge on any atom is -0.310 e. The Hall–Kier alpha value is -7.89. The molecule has 0 unspecified atom stereocenters. The molecule has 0 fully saturated rings. The van der Waals surface area contributed by atoms with Gasteiger partial charge in [-0.25, -0.2) is 4.98 Å². The van der Waals surface area contributed by atoms with Crippen molar-refractivity contribution in [3.63, 3.8) is 0 Å². The maximum absolute atomic E-state index is 4.73. The normalized spacial score (nSPS) is 11.4. The van der Waals surface area contributed by atoms with Crippen LogP contribution >= 0.6 is 0 Å². The summed E-state index contributed by atoms with van der Waals surface area (Å²) in [5.41, 5.74) is 12.3. The number of hydrogen-bond donors (Lipinski definition) is 0. The molecule has 0 amide bonds. The fraction of sp³-hybridized carbons (Fsp3) is 0. The second-order valence-electron chi connectivity index (χ2n) is 14.5. The van der Waals surface area contributed by atoms with Crippen LogP contribution in [0.5, 0.6) is 0 Å². The highest BCUT2D eigenvalue weighted by Gasteiger charge is 2.20. The number of rotatable bonds is 8. The minimum absolute atomic E-state index is 0.906. The monoisotopic (exact) mass is 743 g/mol. The molecule has 11 rings (SSSR count). The van der Waals surface area contributed by atoms with Gasteiger partial charge >= 0.3 is 0 Å². The maximum atomic E-state index is 4.73. The van der Waals surface area contributed by atoms with Crippen molar-refractivity contribution in [3.8, 4) is 11.5 Å². The van der Waals surface area contributed by atoms with Crippen molar-refractivity contribution in [1.29, 1.82) is 0 Å². The molecule has 0 N–H and O–H groups in total. The molecule has 0 radical (unpaired) electrons. The van der Waals surface area contributed by atoms with E-state index in [1.807, 2.05) is 18.3 Å². The molecule has 0 aliphatic rings. The third kappa shape index (κ3) is 5.60. The highest BCUT2D eigenvalue weighted by atomic mass is 15.2. The van der Waals surface area contributed by atoms with E-state index in [1.54, 1.807) is 0 Å². The van der Waals surface area contributed by atoms with Crippen molar-refractivity contribution in [2.75, 3.05) is 9.80 Å². The fourth-order valence-corrected chi connectivity index (χ4v) is 8.59. The van der Waals surface area contributed by atoms with E-state index in [1.165, 1.54) is 27.1 Å². The fourth-order valence-electron chi connectivity index (χ4n) is 8.59. The molecule has 274 valence electrons. The first-order valence-electron chi connectivity index (χ1n) is 19.6. The van der Waals surface area contributed by atoms with E-state index < -0.39 is 0 Å². The lowest BCUT2D eigenvalue weighted by atomic mass is 10.1. The first-order chi connectivity index (χ1) is 28.8. The lowest BCUT2D eigenvalue weighted by Crippen LogP contribution is -2.10. The molecule has 8 aromatic carbocycles. The zero-order valence-corrected chi connectivity index (χ0v) is 31.6. The van der Waals surface area contributed by atoms with Crippen LogP contribution < -0.4 is 9.80 Å². The van der Waals surface area contributed by atoms with Crippen molar-refractivity contribution in [1.82, 2.24) is 14.1 Å². The molecule has 3 aromatic heterocycles. The van der Waals surface area contributed by atoms with Crippen LogP contribution in [0.3, 0.4) is 0 Å². The van der Waals surface area contributed by atoms with Crippen LogP contribution in [-0.4, -0.2) is 14.1 Å². The predicted octanol–water partition coefficient (Wildman–Crippen LogP) is 14.2. The van der Waals surface area contributed by atoms with Gasteiger partial charge in [-0.1, -0.05) is 97.1 Å². The lowest BCUT2D eigenvalue weighted by Gasteiger charge is -2.26. The Kier molecular flexibility index (Phi) is 8.07. The summed E-state index contributed by atoms with van der Waals surface area (Å²) in [6.07, 6.45) is 1.85. The molecular weight excluding hydrogens is 707 g/mol. The van der Waals surface area contributed by atoms with Gasteiger partial charge in [-0.15, -0.1) is 0 Å². The van der Waals surface area contributed by atoms with Gasteiger partial charge in [0.1, 0.15) is 5.82 Å². The summed E-state index contributed by atoms with van der Waals surface area (Å²) < 4.78 is 4.64. The lowest BCUT2D eigenvalue weighted by molar-refractivity contribution is 1.08. The average Bonchev–Trinajstić information content (AvgIpc) is 3.81. The molecule has 0 bridgehead atoms. The maximum Gasteiger partial charge on any atom is 0.137 e. The molecule has 5 nitrogen and oxygen atoms in total. The van der Waals surface area contributed by atoms with Crippen molar-refractivity contribution >= 4 is 77.7 Å². The molecular formula is C53H37N5. The number of fused-ring (bicyclic) bond motifs is 6. The highest BCUT2D eigenvalue weighted by Crippen LogP contribution is 2.42. The summed E-state index contributed by atoms with van der Waals surface area (Å²) in [5, 5.41) is 4.80. The minimum atomic E-state index is 0.906. The molecule has 11 aromatic rings. The van der Waals surface area contributed by atoms with E-state index >= 15 is 0 Å². The molecule has 58 heavy (non-hydrogen) atoms. The summed E-state index contributed by atoms with van der Waals surface area (Å²) >= 11 is 0. The van der Waals surface area contributed by atoms with Crippen molar-refractivity contribution in [2.45, 2.75) is 0 Å². The second kappa shape index (κ2) is 14.0. The van der Waals surface area contributed by atoms with Gasteiger partial charge < -0.3 is 14.4 Å². The average molecular weight is 744 g/mol. The summed E-state index contributed by atoms with van der Waals surface area (Å²) in [4.78, 5) is 9.40. The van der Waals surface area contributed by atoms with Crippen LogP contribution in [0, 0.1) is 0 Å². The SMILES string of the molecule is c1ccc(N(c2ccccc2)c2ccc3c(c2)c2ccccc2n3-c2ccc(N(c3ccccc3)c3ccc4c(c3)c3ccccc3n4-c3ccccn3)cc2)cc1. The molecule has 5 heteroatoms. The third-order valence-electron chi connectivity index (χ3n) is 11.1. The Morgan fingerprint density at radius 1 is 0.293 bits per heavy atom. The van der Waals surface area contributed by atoms with Crippen LogP contribution in [-0.2, 0) is 0 Å². The number of anilines is 6. The number of hydrogen-bond acceptors (Lipinski definition) is 3. The van der Waals surface area contributed by atoms with Gasteiger partial charge in [-0.3, -0.25) is 4.57 Å². The Balaban J connectivity index is 1.03. The highest BCUT2D eigenvalue weighted by molar-refractivity contribution is 6.12. The van der Waals surface area contributed by atoms with Crippen LogP contribution in [0.2, 0.25) is 0 Å². The van der Waals surface area contributed by atoms with Crippen LogP contribution in [0.15, 0.2) is 225 Å². The van der Waals surface area contributed by atoms with Gasteiger partial charge in [0.15, 0.2) is 0 Å². The predicted molar refractivity (Wildman–Crippen MR) is 242 cm³/mol. The summed E-state index contributed by atoms with van der Waals surface area (Å²) in [7, 11) is 0. The number of benzene rings is 8. The van der Waals surface area contributed by atoms with Crippen molar-refractivity contribution < 1.29 is 0 Å². The Morgan fingerprint density at radius 3 is 1.19 bits per heavy atom. The standard InChI is InChI=1S/C53H37N5/c1-4-16-38(17-5-1)55(39-18-6-2-7-19-39)43-31-33-51-47(36-43)45-22-10-12-24-49(45)57(51)42-29-27-41(28-30-42)56(40-20-8-3-9-21-40)44-32-34-52-48(37-44)46-23-11-13-25-50(46)58(52)53-26-14-15-35-54-53/h1-37H. The number of para-hydroxylation sites is 5. The number of nitrogens with zero attached hydrogens (tertiary/aromatic N) is 5. The summed E-state index contributed by atoms with van der Waals surface area (Å²) in [6.45, 7) is 0. The van der Waals surface area contributed by atoms with Gasteiger partial charge in [0, 0.05) is 67.6 Å². The zero-order valence-electron chi connectivity index (χ0n) is 31.6. The first-order valence-corrected chi connectivity index (χ1v) is 19.6. The molecule has 0 spiro atoms. The third-order valence-corrected chi connectivity index (χ3v) is 11.1. The topological polar surface area (TPSA) is 29.2 Å². The van der Waals surface area contributed by atoms with E-state index in [2.05, 4.69) is 225 Å². The van der Waals surface area contributed by atoms with Gasteiger partial charge in [-0.05, 0) is 121 Å². The molecule has 0 saturated carbocycles. The van der Waals surface area contributed by atoms with E-state index in [9.17, 15) is 0 Å². The smallest absolute Gasteiger partial charge is 0.137 e. The summed E-state index contributed by atoms with van der Waals surface area (Å²) in [5.74, 6) is 0.906. The van der Waals surface area contributed by atoms with Crippen LogP contribution in [0.1, 0.15) is 0 Å². The molecule has 0 aliphatic heterocycles. The Labute approximate surface area is 336 Å². The second-order valence-corrected chi connectivity index (χ2v) is 14.5. The molecule has 3 heterocycles. The first kappa shape index (κ1) is 33.4. The number of pyridine rings is 1. The largest absolute Gasteiger partial charge is 0.310 e. The van der Waals surface area contributed by atoms with Gasteiger partial charge in [-0.2, -0.15) is 0 Å². The quantitative estimate of drug-likeness (QED) is 0.155. The van der Waals surface area contributed by atoms with Gasteiger partial charge in [0.05, 0.1) is 22.1 Å². The summed E-state index contributed by atoms with van der Waals surface area (Å²) in [6, 6.07) is 77.8. The Morgan fingerprint density at radius 2 is 0.690 bits per heavy atom. The molecule has 0 saturated heterocycles. The van der Waals surface area contributed by atoms with Crippen molar-refractivity contribution in [2.24, 2.45) is 0 Å². The van der Waals surface area contributed by atoms with Crippen LogP contribution in [0.4, 0.5) is 34.1 Å². The van der Waals surface area contributed by atoms with E-state index in [0.717, 1.165) is 62.2 Å². The van der Waals surface area contributed by atoms with E-state index in [4.69, 9.17) is 4.98 Å². The number of aromatic nitrogens is 3. The molecule has 0 atom stereocenters. The van der Waals surface area contributed by atoms with Gasteiger partial charge in [0.2, 0.25) is 0 Å². The van der Waals surface area contributed by atoms with Crippen LogP contribution in [0.25, 0.3) is 55.1 Å². The Bertz CT molecular complexity index is 3170. The van der Waals surface area contributed by atoms with Crippen molar-refractivity contribution in [3.05, 3.63) is 225 Å². The van der Waals surface area contributed by atoms with E-state index in [-0.39, 0.29) is 0 Å².